The highest BCUT2D eigenvalue weighted by atomic mass is 35.5. The third kappa shape index (κ3) is 2.53. The quantitative estimate of drug-likeness (QED) is 0.587. The third-order valence-corrected chi connectivity index (χ3v) is 2.44. The normalized spacial score (nSPS) is 10.6. The number of methoxy groups -OCH3 is 1. The molecule has 0 spiro atoms. The van der Waals surface area contributed by atoms with Gasteiger partial charge in [-0.05, 0) is 11.6 Å². The van der Waals surface area contributed by atoms with E-state index in [4.69, 9.17) is 11.6 Å². The fourth-order valence-corrected chi connectivity index (χ4v) is 1.54. The van der Waals surface area contributed by atoms with Crippen molar-refractivity contribution in [1.29, 1.82) is 0 Å². The van der Waals surface area contributed by atoms with E-state index in [1.807, 2.05) is 0 Å². The molecule has 3 rings (SSSR count). The fourth-order valence-electron chi connectivity index (χ4n) is 1.39. The summed E-state index contributed by atoms with van der Waals surface area (Å²) in [6, 6.07) is 0. The van der Waals surface area contributed by atoms with E-state index in [-0.39, 0.29) is 23.0 Å². The Kier molecular flexibility index (Phi) is 3.23. The second-order valence-corrected chi connectivity index (χ2v) is 3.89. The Hall–Kier alpha value is -2.95. The number of esters is 1. The first-order valence-corrected chi connectivity index (χ1v) is 5.82. The summed E-state index contributed by atoms with van der Waals surface area (Å²) < 4.78 is 6.98. The molecule has 0 fully saturated rings. The summed E-state index contributed by atoms with van der Waals surface area (Å²) in [5, 5.41) is 7.70. The first kappa shape index (κ1) is 13.1. The van der Waals surface area contributed by atoms with Crippen molar-refractivity contribution < 1.29 is 9.53 Å². The van der Waals surface area contributed by atoms with Crippen LogP contribution in [0.15, 0.2) is 19.0 Å². The fraction of sp³-hybridized carbons (Fsp3) is 0.111. The lowest BCUT2D eigenvalue weighted by Gasteiger charge is -2.02. The van der Waals surface area contributed by atoms with Crippen LogP contribution in [0.25, 0.3) is 11.9 Å². The molecule has 12 heteroatoms. The van der Waals surface area contributed by atoms with Crippen LogP contribution in [0, 0.1) is 0 Å². The molecule has 0 amide bonds. The predicted molar refractivity (Wildman–Crippen MR) is 66.0 cm³/mol. The topological polar surface area (TPSA) is 126 Å². The summed E-state index contributed by atoms with van der Waals surface area (Å²) in [6.45, 7) is 0. The Morgan fingerprint density at radius 3 is 2.62 bits per heavy atom. The SMILES string of the molecule is COC(=O)c1ncn(-c2nc(Cl)nc(-n3cncn3)n2)n1. The summed E-state index contributed by atoms with van der Waals surface area (Å²) in [6.07, 6.45) is 3.97. The van der Waals surface area contributed by atoms with Crippen LogP contribution in [0.2, 0.25) is 5.28 Å². The molecule has 3 aromatic rings. The van der Waals surface area contributed by atoms with Gasteiger partial charge in [-0.3, -0.25) is 0 Å². The highest BCUT2D eigenvalue weighted by Crippen LogP contribution is 2.08. The molecule has 11 nitrogen and oxygen atoms in total. The van der Waals surface area contributed by atoms with Crippen LogP contribution < -0.4 is 0 Å². The van der Waals surface area contributed by atoms with E-state index in [0.29, 0.717) is 0 Å². The lowest BCUT2D eigenvalue weighted by Crippen LogP contribution is -2.10. The molecule has 3 heterocycles. The molecule has 0 unspecified atom stereocenters. The minimum atomic E-state index is -0.676. The second kappa shape index (κ2) is 5.20. The zero-order valence-corrected chi connectivity index (χ0v) is 11.2. The second-order valence-electron chi connectivity index (χ2n) is 3.55. The van der Waals surface area contributed by atoms with E-state index in [0.717, 1.165) is 0 Å². The lowest BCUT2D eigenvalue weighted by molar-refractivity contribution is 0.0587. The van der Waals surface area contributed by atoms with Gasteiger partial charge in [0.1, 0.15) is 19.0 Å². The summed E-state index contributed by atoms with van der Waals surface area (Å²) in [7, 11) is 1.23. The average molecular weight is 308 g/mol. The Labute approximate surface area is 121 Å². The van der Waals surface area contributed by atoms with Gasteiger partial charge in [-0.1, -0.05) is 0 Å². The Morgan fingerprint density at radius 2 is 1.95 bits per heavy atom. The van der Waals surface area contributed by atoms with Crippen molar-refractivity contribution in [3.63, 3.8) is 0 Å². The summed E-state index contributed by atoms with van der Waals surface area (Å²) in [4.78, 5) is 30.8. The highest BCUT2D eigenvalue weighted by Gasteiger charge is 2.15. The van der Waals surface area contributed by atoms with Gasteiger partial charge in [-0.25, -0.2) is 14.8 Å². The molecule has 0 saturated heterocycles. The van der Waals surface area contributed by atoms with E-state index < -0.39 is 5.97 Å². The van der Waals surface area contributed by atoms with E-state index in [2.05, 4.69) is 39.9 Å². The number of carbonyl (C=O) groups excluding carboxylic acids is 1. The monoisotopic (exact) mass is 307 g/mol. The van der Waals surface area contributed by atoms with Crippen LogP contribution in [0.3, 0.4) is 0 Å². The average Bonchev–Trinajstić information content (AvgIpc) is 3.17. The molecule has 0 bridgehead atoms. The smallest absolute Gasteiger partial charge is 0.377 e. The maximum Gasteiger partial charge on any atom is 0.377 e. The summed E-state index contributed by atoms with van der Waals surface area (Å²) in [5.41, 5.74) is 0. The Morgan fingerprint density at radius 1 is 1.19 bits per heavy atom. The van der Waals surface area contributed by atoms with Crippen LogP contribution in [0.5, 0.6) is 0 Å². The van der Waals surface area contributed by atoms with Crippen LogP contribution >= 0.6 is 11.6 Å². The molecule has 0 saturated carbocycles. The van der Waals surface area contributed by atoms with Crippen molar-refractivity contribution in [3.05, 3.63) is 30.1 Å². The molecule has 106 valence electrons. The van der Waals surface area contributed by atoms with Gasteiger partial charge in [-0.2, -0.15) is 29.4 Å². The van der Waals surface area contributed by atoms with Crippen molar-refractivity contribution in [2.45, 2.75) is 0 Å². The standard InChI is InChI=1S/C9H6ClN9O2/c1-21-6(20)5-12-4-19(17-5)9-15-7(10)14-8(16-9)18-3-11-2-13-18/h2-4H,1H3. The maximum atomic E-state index is 11.3. The van der Waals surface area contributed by atoms with E-state index >= 15 is 0 Å². The Bertz CT molecular complexity index is 784. The van der Waals surface area contributed by atoms with E-state index in [9.17, 15) is 4.79 Å². The van der Waals surface area contributed by atoms with Crippen molar-refractivity contribution in [2.75, 3.05) is 7.11 Å². The molecule has 0 aliphatic rings. The summed E-state index contributed by atoms with van der Waals surface area (Å²) in [5.74, 6) is -0.581. The number of halogens is 1. The third-order valence-electron chi connectivity index (χ3n) is 2.27. The molecule has 3 aromatic heterocycles. The van der Waals surface area contributed by atoms with Crippen molar-refractivity contribution in [1.82, 2.24) is 44.5 Å². The highest BCUT2D eigenvalue weighted by molar-refractivity contribution is 6.28. The molecule has 21 heavy (non-hydrogen) atoms. The zero-order chi connectivity index (χ0) is 14.8. The number of nitrogens with zero attached hydrogens (tertiary/aromatic N) is 9. The van der Waals surface area contributed by atoms with Gasteiger partial charge in [0.25, 0.3) is 17.7 Å². The van der Waals surface area contributed by atoms with Gasteiger partial charge in [0.15, 0.2) is 0 Å². The van der Waals surface area contributed by atoms with Crippen LogP contribution in [-0.2, 0) is 4.74 Å². The minimum absolute atomic E-state index is 0.0689. The number of aromatic nitrogens is 9. The summed E-state index contributed by atoms with van der Waals surface area (Å²) >= 11 is 5.84. The van der Waals surface area contributed by atoms with Gasteiger partial charge < -0.3 is 4.74 Å². The number of rotatable bonds is 3. The van der Waals surface area contributed by atoms with E-state index in [1.54, 1.807) is 0 Å². The van der Waals surface area contributed by atoms with Crippen LogP contribution in [0.4, 0.5) is 0 Å². The molecular formula is C9H6ClN9O2. The molecule has 0 aliphatic heterocycles. The van der Waals surface area contributed by atoms with Gasteiger partial charge in [0.05, 0.1) is 7.11 Å². The van der Waals surface area contributed by atoms with Crippen molar-refractivity contribution >= 4 is 17.6 Å². The lowest BCUT2D eigenvalue weighted by atomic mass is 10.6. The molecule has 0 N–H and O–H groups in total. The van der Waals surface area contributed by atoms with Gasteiger partial charge in [0.2, 0.25) is 5.28 Å². The molecule has 0 atom stereocenters. The van der Waals surface area contributed by atoms with Gasteiger partial charge in [-0.15, -0.1) is 5.10 Å². The minimum Gasteiger partial charge on any atom is -0.463 e. The van der Waals surface area contributed by atoms with Gasteiger partial charge >= 0.3 is 5.97 Å². The van der Waals surface area contributed by atoms with Crippen molar-refractivity contribution in [3.8, 4) is 11.9 Å². The van der Waals surface area contributed by atoms with Crippen molar-refractivity contribution in [2.24, 2.45) is 0 Å². The van der Waals surface area contributed by atoms with Crippen LogP contribution in [0.1, 0.15) is 10.6 Å². The van der Waals surface area contributed by atoms with Crippen LogP contribution in [-0.4, -0.2) is 57.6 Å². The number of carbonyl (C=O) groups is 1. The molecule has 0 aliphatic carbocycles. The first-order chi connectivity index (χ1) is 10.2. The first-order valence-electron chi connectivity index (χ1n) is 5.44. The number of hydrogen-bond acceptors (Lipinski definition) is 9. The van der Waals surface area contributed by atoms with Gasteiger partial charge in [0, 0.05) is 0 Å². The van der Waals surface area contributed by atoms with E-state index in [1.165, 1.54) is 35.5 Å². The zero-order valence-electron chi connectivity index (χ0n) is 10.5. The molecular weight excluding hydrogens is 302 g/mol. The number of hydrogen-bond donors (Lipinski definition) is 0. The largest absolute Gasteiger partial charge is 0.463 e. The molecule has 0 radical (unpaired) electrons. The number of ether oxygens (including phenoxy) is 1. The predicted octanol–water partition coefficient (Wildman–Crippen LogP) is -0.527. The Balaban J connectivity index is 2.02. The molecule has 0 aromatic carbocycles. The maximum absolute atomic E-state index is 11.3.